The second-order valence-corrected chi connectivity index (χ2v) is 5.12. The summed E-state index contributed by atoms with van der Waals surface area (Å²) in [4.78, 5) is 6.52. The number of hydrogen-bond donors (Lipinski definition) is 2. The molecule has 0 atom stereocenters. The van der Waals surface area contributed by atoms with Crippen LogP contribution >= 0.6 is 11.6 Å². The van der Waals surface area contributed by atoms with Crippen LogP contribution in [0.4, 0.5) is 5.82 Å². The van der Waals surface area contributed by atoms with Gasteiger partial charge in [0.05, 0.1) is 5.02 Å². The van der Waals surface area contributed by atoms with Crippen LogP contribution in [-0.4, -0.2) is 23.9 Å². The highest BCUT2D eigenvalue weighted by Gasteiger charge is 2.22. The summed E-state index contributed by atoms with van der Waals surface area (Å²) in [5.41, 5.74) is 6.08. The van der Waals surface area contributed by atoms with Crippen molar-refractivity contribution in [1.82, 2.24) is 4.98 Å². The quantitative estimate of drug-likeness (QED) is 0.636. The van der Waals surface area contributed by atoms with Crippen molar-refractivity contribution >= 4 is 23.3 Å². The van der Waals surface area contributed by atoms with E-state index in [9.17, 15) is 0 Å². The summed E-state index contributed by atoms with van der Waals surface area (Å²) < 4.78 is 0. The van der Waals surface area contributed by atoms with Gasteiger partial charge in [-0.05, 0) is 31.7 Å². The zero-order chi connectivity index (χ0) is 13.1. The minimum Gasteiger partial charge on any atom is -0.384 e. The Morgan fingerprint density at radius 1 is 1.61 bits per heavy atom. The van der Waals surface area contributed by atoms with Crippen molar-refractivity contribution in [2.75, 3.05) is 18.0 Å². The summed E-state index contributed by atoms with van der Waals surface area (Å²) in [6.45, 7) is 3.95. The number of hydrogen-bond acceptors (Lipinski definition) is 3. The van der Waals surface area contributed by atoms with Crippen molar-refractivity contribution in [3.63, 3.8) is 0 Å². The fourth-order valence-corrected chi connectivity index (χ4v) is 2.55. The second-order valence-electron chi connectivity index (χ2n) is 4.75. The first kappa shape index (κ1) is 13.1. The van der Waals surface area contributed by atoms with Gasteiger partial charge in [0.2, 0.25) is 0 Å². The maximum Gasteiger partial charge on any atom is 0.148 e. The summed E-state index contributed by atoms with van der Waals surface area (Å²) in [7, 11) is 0. The highest BCUT2D eigenvalue weighted by molar-refractivity contribution is 6.36. The molecule has 4 nitrogen and oxygen atoms in total. The van der Waals surface area contributed by atoms with E-state index in [1.807, 2.05) is 0 Å². The van der Waals surface area contributed by atoms with Crippen molar-refractivity contribution in [2.45, 2.75) is 26.2 Å². The van der Waals surface area contributed by atoms with Gasteiger partial charge in [0.15, 0.2) is 0 Å². The van der Waals surface area contributed by atoms with Crippen LogP contribution in [0.5, 0.6) is 0 Å². The minimum absolute atomic E-state index is 0.0108. The molecule has 0 bridgehead atoms. The lowest BCUT2D eigenvalue weighted by Crippen LogP contribution is -2.33. The number of aromatic nitrogens is 1. The first-order valence-electron chi connectivity index (χ1n) is 6.37. The maximum atomic E-state index is 7.51. The van der Waals surface area contributed by atoms with Crippen molar-refractivity contribution in [1.29, 1.82) is 5.41 Å². The van der Waals surface area contributed by atoms with Gasteiger partial charge in [0.1, 0.15) is 11.7 Å². The summed E-state index contributed by atoms with van der Waals surface area (Å²) in [6, 6.07) is 1.69. The average Bonchev–Trinajstić information content (AvgIpc) is 2.29. The monoisotopic (exact) mass is 266 g/mol. The van der Waals surface area contributed by atoms with Gasteiger partial charge in [-0.2, -0.15) is 0 Å². The van der Waals surface area contributed by atoms with E-state index in [0.29, 0.717) is 10.6 Å². The SMILES string of the molecule is CCN(CC1CCC1)c1nccc(C(=N)N)c1Cl. The second kappa shape index (κ2) is 5.57. The standard InChI is InChI=1S/C13H19ClN4/c1-2-18(8-9-4-3-5-9)13-11(14)10(12(15)16)6-7-17-13/h6-7,9H,2-5,8H2,1H3,(H3,15,16). The van der Waals surface area contributed by atoms with Crippen molar-refractivity contribution < 1.29 is 0 Å². The summed E-state index contributed by atoms with van der Waals surface area (Å²) in [5.74, 6) is 1.49. The number of nitrogens with two attached hydrogens (primary N) is 1. The summed E-state index contributed by atoms with van der Waals surface area (Å²) in [5, 5.41) is 8.00. The normalized spacial score (nSPS) is 15.2. The topological polar surface area (TPSA) is 66.0 Å². The fourth-order valence-electron chi connectivity index (χ4n) is 2.21. The molecule has 5 heteroatoms. The van der Waals surface area contributed by atoms with Gasteiger partial charge in [-0.3, -0.25) is 5.41 Å². The van der Waals surface area contributed by atoms with E-state index in [1.165, 1.54) is 19.3 Å². The third kappa shape index (κ3) is 2.58. The minimum atomic E-state index is -0.0108. The third-order valence-electron chi connectivity index (χ3n) is 3.55. The molecule has 1 saturated carbocycles. The highest BCUT2D eigenvalue weighted by Crippen LogP contribution is 2.31. The molecular formula is C13H19ClN4. The Labute approximate surface area is 113 Å². The first-order chi connectivity index (χ1) is 8.63. The van der Waals surface area contributed by atoms with E-state index in [0.717, 1.165) is 24.8 Å². The lowest BCUT2D eigenvalue weighted by molar-refractivity contribution is 0.318. The number of nitrogens with one attached hydrogen (secondary N) is 1. The number of halogens is 1. The van der Waals surface area contributed by atoms with E-state index in [4.69, 9.17) is 22.7 Å². The molecule has 0 aliphatic heterocycles. The third-order valence-corrected chi connectivity index (χ3v) is 3.92. The van der Waals surface area contributed by atoms with E-state index in [-0.39, 0.29) is 5.84 Å². The van der Waals surface area contributed by atoms with Crippen LogP contribution in [0.25, 0.3) is 0 Å². The molecule has 3 N–H and O–H groups in total. The Bertz CT molecular complexity index is 443. The predicted molar refractivity (Wildman–Crippen MR) is 75.5 cm³/mol. The molecule has 1 aliphatic rings. The largest absolute Gasteiger partial charge is 0.384 e. The number of amidine groups is 1. The van der Waals surface area contributed by atoms with E-state index in [1.54, 1.807) is 12.3 Å². The van der Waals surface area contributed by atoms with Crippen LogP contribution < -0.4 is 10.6 Å². The Morgan fingerprint density at radius 3 is 2.83 bits per heavy atom. The van der Waals surface area contributed by atoms with Gasteiger partial charge < -0.3 is 10.6 Å². The van der Waals surface area contributed by atoms with E-state index < -0.39 is 0 Å². The van der Waals surface area contributed by atoms with Crippen LogP contribution in [0.2, 0.25) is 5.02 Å². The maximum absolute atomic E-state index is 7.51. The summed E-state index contributed by atoms with van der Waals surface area (Å²) >= 11 is 6.30. The van der Waals surface area contributed by atoms with Gasteiger partial charge in [-0.1, -0.05) is 18.0 Å². The average molecular weight is 267 g/mol. The van der Waals surface area contributed by atoms with Crippen molar-refractivity contribution in [3.8, 4) is 0 Å². The highest BCUT2D eigenvalue weighted by atomic mass is 35.5. The first-order valence-corrected chi connectivity index (χ1v) is 6.75. The molecule has 1 aromatic rings. The smallest absolute Gasteiger partial charge is 0.148 e. The van der Waals surface area contributed by atoms with Gasteiger partial charge in [-0.15, -0.1) is 0 Å². The molecular weight excluding hydrogens is 248 g/mol. The zero-order valence-electron chi connectivity index (χ0n) is 10.6. The lowest BCUT2D eigenvalue weighted by Gasteiger charge is -2.33. The molecule has 1 aromatic heterocycles. The van der Waals surface area contributed by atoms with E-state index in [2.05, 4.69) is 16.8 Å². The van der Waals surface area contributed by atoms with Gasteiger partial charge >= 0.3 is 0 Å². The molecule has 1 heterocycles. The van der Waals surface area contributed by atoms with Crippen LogP contribution in [0, 0.1) is 11.3 Å². The molecule has 0 saturated heterocycles. The Balaban J connectivity index is 2.23. The molecule has 18 heavy (non-hydrogen) atoms. The summed E-state index contributed by atoms with van der Waals surface area (Å²) in [6.07, 6.45) is 5.58. The van der Waals surface area contributed by atoms with Gasteiger partial charge in [0, 0.05) is 24.8 Å². The Kier molecular flexibility index (Phi) is 4.07. The van der Waals surface area contributed by atoms with Crippen LogP contribution in [0.1, 0.15) is 31.7 Å². The molecule has 1 fully saturated rings. The van der Waals surface area contributed by atoms with Crippen molar-refractivity contribution in [2.24, 2.45) is 11.7 Å². The molecule has 2 rings (SSSR count). The zero-order valence-corrected chi connectivity index (χ0v) is 11.4. The predicted octanol–water partition coefficient (Wildman–Crippen LogP) is 2.65. The fraction of sp³-hybridized carbons (Fsp3) is 0.538. The number of rotatable bonds is 5. The van der Waals surface area contributed by atoms with Crippen LogP contribution in [-0.2, 0) is 0 Å². The van der Waals surface area contributed by atoms with Crippen LogP contribution in [0.3, 0.4) is 0 Å². The number of anilines is 1. The van der Waals surface area contributed by atoms with Crippen molar-refractivity contribution in [3.05, 3.63) is 22.8 Å². The molecule has 98 valence electrons. The number of nitrogens with zero attached hydrogens (tertiary/aromatic N) is 2. The molecule has 0 radical (unpaired) electrons. The number of nitrogen functional groups attached to an aromatic ring is 1. The molecule has 1 aliphatic carbocycles. The lowest BCUT2D eigenvalue weighted by atomic mass is 9.85. The molecule has 0 unspecified atom stereocenters. The van der Waals surface area contributed by atoms with Gasteiger partial charge in [-0.25, -0.2) is 4.98 Å². The molecule has 0 amide bonds. The Morgan fingerprint density at radius 2 is 2.33 bits per heavy atom. The molecule has 0 spiro atoms. The van der Waals surface area contributed by atoms with E-state index >= 15 is 0 Å². The Hall–Kier alpha value is -1.29. The van der Waals surface area contributed by atoms with Gasteiger partial charge in [0.25, 0.3) is 0 Å². The number of pyridine rings is 1. The molecule has 0 aromatic carbocycles. The van der Waals surface area contributed by atoms with Crippen LogP contribution in [0.15, 0.2) is 12.3 Å².